The summed E-state index contributed by atoms with van der Waals surface area (Å²) in [5.74, 6) is 0.532. The minimum atomic E-state index is -3.71. The van der Waals surface area contributed by atoms with E-state index in [0.29, 0.717) is 57.2 Å². The quantitative estimate of drug-likeness (QED) is 0.735. The predicted octanol–water partition coefficient (Wildman–Crippen LogP) is 0.963. The van der Waals surface area contributed by atoms with Crippen molar-refractivity contribution in [2.24, 2.45) is 5.92 Å². The molecule has 0 spiro atoms. The number of amides is 1. The standard InChI is InChI=1S/C18H26N2O6S/c1-24-16-6-5-15(12-17(16)25-2)27(22,23)20-7-3-4-14(13-20)18(21)19-8-10-26-11-9-19/h5-6,12,14H,3-4,7-11,13H2,1-2H3/t14-/m0/s1. The number of nitrogens with zero attached hydrogens (tertiary/aromatic N) is 2. The third-order valence-electron chi connectivity index (χ3n) is 5.05. The van der Waals surface area contributed by atoms with Gasteiger partial charge in [0.1, 0.15) is 0 Å². The highest BCUT2D eigenvalue weighted by Gasteiger charge is 2.35. The number of piperidine rings is 1. The smallest absolute Gasteiger partial charge is 0.243 e. The van der Waals surface area contributed by atoms with Crippen molar-refractivity contribution >= 4 is 15.9 Å². The summed E-state index contributed by atoms with van der Waals surface area (Å²) >= 11 is 0. The highest BCUT2D eigenvalue weighted by molar-refractivity contribution is 7.89. The number of carbonyl (C=O) groups is 1. The maximum atomic E-state index is 13.1. The van der Waals surface area contributed by atoms with Gasteiger partial charge in [-0.3, -0.25) is 4.79 Å². The number of carbonyl (C=O) groups excluding carboxylic acids is 1. The van der Waals surface area contributed by atoms with E-state index < -0.39 is 10.0 Å². The van der Waals surface area contributed by atoms with E-state index in [4.69, 9.17) is 14.2 Å². The summed E-state index contributed by atoms with van der Waals surface area (Å²) in [4.78, 5) is 14.7. The van der Waals surface area contributed by atoms with E-state index in [1.54, 1.807) is 11.0 Å². The van der Waals surface area contributed by atoms with Crippen molar-refractivity contribution in [3.63, 3.8) is 0 Å². The maximum Gasteiger partial charge on any atom is 0.243 e. The lowest BCUT2D eigenvalue weighted by atomic mass is 9.98. The SMILES string of the molecule is COc1ccc(S(=O)(=O)N2CCC[C@H](C(=O)N3CCOCC3)C2)cc1OC. The van der Waals surface area contributed by atoms with Crippen molar-refractivity contribution < 1.29 is 27.4 Å². The van der Waals surface area contributed by atoms with Crippen molar-refractivity contribution in [2.75, 3.05) is 53.6 Å². The molecule has 1 aromatic carbocycles. The summed E-state index contributed by atoms with van der Waals surface area (Å²) in [5, 5.41) is 0. The largest absolute Gasteiger partial charge is 0.493 e. The molecule has 150 valence electrons. The molecule has 0 aromatic heterocycles. The zero-order chi connectivity index (χ0) is 19.4. The predicted molar refractivity (Wildman–Crippen MR) is 98.4 cm³/mol. The van der Waals surface area contributed by atoms with E-state index >= 15 is 0 Å². The van der Waals surface area contributed by atoms with Gasteiger partial charge in [0.25, 0.3) is 0 Å². The first-order chi connectivity index (χ1) is 13.0. The summed E-state index contributed by atoms with van der Waals surface area (Å²) < 4.78 is 43.2. The fourth-order valence-electron chi connectivity index (χ4n) is 3.53. The van der Waals surface area contributed by atoms with Gasteiger partial charge in [-0.1, -0.05) is 0 Å². The zero-order valence-electron chi connectivity index (χ0n) is 15.7. The molecule has 1 atom stereocenters. The molecule has 0 N–H and O–H groups in total. The Morgan fingerprint density at radius 2 is 1.81 bits per heavy atom. The summed E-state index contributed by atoms with van der Waals surface area (Å²) in [7, 11) is -0.751. The number of hydrogen-bond acceptors (Lipinski definition) is 6. The number of rotatable bonds is 5. The third-order valence-corrected chi connectivity index (χ3v) is 6.91. The lowest BCUT2D eigenvalue weighted by Gasteiger charge is -2.35. The first-order valence-corrected chi connectivity index (χ1v) is 10.5. The Labute approximate surface area is 160 Å². The van der Waals surface area contributed by atoms with Crippen LogP contribution in [0.5, 0.6) is 11.5 Å². The van der Waals surface area contributed by atoms with Gasteiger partial charge in [0, 0.05) is 32.2 Å². The first-order valence-electron chi connectivity index (χ1n) is 9.06. The second-order valence-corrected chi connectivity index (χ2v) is 8.59. The molecule has 2 aliphatic rings. The minimum absolute atomic E-state index is 0.0190. The second-order valence-electron chi connectivity index (χ2n) is 6.66. The van der Waals surface area contributed by atoms with Gasteiger partial charge < -0.3 is 19.1 Å². The molecule has 2 saturated heterocycles. The summed E-state index contributed by atoms with van der Waals surface area (Å²) in [5.41, 5.74) is 0. The minimum Gasteiger partial charge on any atom is -0.493 e. The van der Waals surface area contributed by atoms with Crippen molar-refractivity contribution in [3.8, 4) is 11.5 Å². The topological polar surface area (TPSA) is 85.4 Å². The summed E-state index contributed by atoms with van der Waals surface area (Å²) in [6.45, 7) is 2.81. The Morgan fingerprint density at radius 3 is 2.48 bits per heavy atom. The van der Waals surface area contributed by atoms with Crippen LogP contribution in [0.4, 0.5) is 0 Å². The van der Waals surface area contributed by atoms with E-state index in [9.17, 15) is 13.2 Å². The molecule has 9 heteroatoms. The average molecular weight is 398 g/mol. The molecule has 1 amide bonds. The van der Waals surface area contributed by atoms with Gasteiger partial charge in [-0.05, 0) is 25.0 Å². The average Bonchev–Trinajstić information content (AvgIpc) is 2.73. The van der Waals surface area contributed by atoms with Gasteiger partial charge in [0.2, 0.25) is 15.9 Å². The number of sulfonamides is 1. The van der Waals surface area contributed by atoms with Crippen molar-refractivity contribution in [2.45, 2.75) is 17.7 Å². The van der Waals surface area contributed by atoms with Crippen LogP contribution in [0, 0.1) is 5.92 Å². The zero-order valence-corrected chi connectivity index (χ0v) is 16.5. The lowest BCUT2D eigenvalue weighted by molar-refractivity contribution is -0.140. The molecule has 1 aromatic rings. The highest BCUT2D eigenvalue weighted by Crippen LogP contribution is 2.32. The molecule has 0 bridgehead atoms. The monoisotopic (exact) mass is 398 g/mol. The van der Waals surface area contributed by atoms with Crippen LogP contribution in [0.25, 0.3) is 0 Å². The van der Waals surface area contributed by atoms with Gasteiger partial charge in [-0.2, -0.15) is 4.31 Å². The van der Waals surface area contributed by atoms with Crippen LogP contribution in [0.15, 0.2) is 23.1 Å². The number of hydrogen-bond donors (Lipinski definition) is 0. The van der Waals surface area contributed by atoms with Crippen LogP contribution < -0.4 is 9.47 Å². The van der Waals surface area contributed by atoms with Crippen LogP contribution in [-0.4, -0.2) is 77.1 Å². The molecular weight excluding hydrogens is 372 g/mol. The Kier molecular flexibility index (Phi) is 6.23. The Hall–Kier alpha value is -1.84. The van der Waals surface area contributed by atoms with E-state index in [0.717, 1.165) is 0 Å². The normalized spacial score (nSPS) is 21.7. The molecule has 27 heavy (non-hydrogen) atoms. The van der Waals surface area contributed by atoms with E-state index in [2.05, 4.69) is 0 Å². The van der Waals surface area contributed by atoms with Gasteiger partial charge in [0.05, 0.1) is 38.2 Å². The molecule has 2 heterocycles. The fourth-order valence-corrected chi connectivity index (χ4v) is 5.07. The molecule has 0 saturated carbocycles. The third kappa shape index (κ3) is 4.20. The molecule has 0 radical (unpaired) electrons. The highest BCUT2D eigenvalue weighted by atomic mass is 32.2. The molecule has 0 aliphatic carbocycles. The van der Waals surface area contributed by atoms with Crippen LogP contribution in [0.1, 0.15) is 12.8 Å². The van der Waals surface area contributed by atoms with Gasteiger partial charge >= 0.3 is 0 Å². The number of benzene rings is 1. The van der Waals surface area contributed by atoms with E-state index in [-0.39, 0.29) is 23.3 Å². The summed E-state index contributed by atoms with van der Waals surface area (Å²) in [6, 6.07) is 4.54. The Morgan fingerprint density at radius 1 is 1.11 bits per heavy atom. The molecule has 2 fully saturated rings. The van der Waals surface area contributed by atoms with Crippen LogP contribution >= 0.6 is 0 Å². The molecular formula is C18H26N2O6S. The van der Waals surface area contributed by atoms with Gasteiger partial charge in [-0.15, -0.1) is 0 Å². The molecule has 3 rings (SSSR count). The maximum absolute atomic E-state index is 13.1. The number of ether oxygens (including phenoxy) is 3. The van der Waals surface area contributed by atoms with Crippen LogP contribution in [0.3, 0.4) is 0 Å². The number of methoxy groups -OCH3 is 2. The van der Waals surface area contributed by atoms with Crippen molar-refractivity contribution in [3.05, 3.63) is 18.2 Å². The second kappa shape index (κ2) is 8.45. The van der Waals surface area contributed by atoms with Crippen molar-refractivity contribution in [1.82, 2.24) is 9.21 Å². The fraction of sp³-hybridized carbons (Fsp3) is 0.611. The van der Waals surface area contributed by atoms with Crippen LogP contribution in [0.2, 0.25) is 0 Å². The Bertz CT molecular complexity index is 776. The van der Waals surface area contributed by atoms with Gasteiger partial charge in [-0.25, -0.2) is 8.42 Å². The molecule has 8 nitrogen and oxygen atoms in total. The van der Waals surface area contributed by atoms with Crippen LogP contribution in [-0.2, 0) is 19.6 Å². The van der Waals surface area contributed by atoms with E-state index in [1.165, 1.54) is 30.7 Å². The first kappa shape index (κ1) is 19.9. The van der Waals surface area contributed by atoms with Gasteiger partial charge in [0.15, 0.2) is 11.5 Å². The summed E-state index contributed by atoms with van der Waals surface area (Å²) in [6.07, 6.45) is 1.36. The number of morpholine rings is 1. The lowest BCUT2D eigenvalue weighted by Crippen LogP contribution is -2.49. The molecule has 0 unspecified atom stereocenters. The molecule has 2 aliphatic heterocycles. The Balaban J connectivity index is 1.77. The van der Waals surface area contributed by atoms with Crippen molar-refractivity contribution in [1.29, 1.82) is 0 Å². The van der Waals surface area contributed by atoms with E-state index in [1.807, 2.05) is 0 Å².